The van der Waals surface area contributed by atoms with Gasteiger partial charge in [0.05, 0.1) is 5.60 Å². The number of hydrogen-bond donors (Lipinski definition) is 1. The first-order valence-corrected chi connectivity index (χ1v) is 7.43. The lowest BCUT2D eigenvalue weighted by Gasteiger charge is -2.43. The molecule has 0 radical (unpaired) electrons. The van der Waals surface area contributed by atoms with Crippen LogP contribution in [0.15, 0.2) is 30.3 Å². The molecule has 0 aliphatic carbocycles. The topological polar surface area (TPSA) is 41.6 Å². The number of hydrogen-bond acceptors (Lipinski definition) is 3. The number of amides is 1. The van der Waals surface area contributed by atoms with Gasteiger partial charge < -0.3 is 15.0 Å². The summed E-state index contributed by atoms with van der Waals surface area (Å²) in [5, 5.41) is 2.93. The highest BCUT2D eigenvalue weighted by Crippen LogP contribution is 2.27. The number of nitrogens with zero attached hydrogens (tertiary/aromatic N) is 1. The van der Waals surface area contributed by atoms with Gasteiger partial charge in [0.15, 0.2) is 0 Å². The number of benzene rings is 1. The summed E-state index contributed by atoms with van der Waals surface area (Å²) < 4.78 is 5.79. The van der Waals surface area contributed by atoms with Gasteiger partial charge >= 0.3 is 0 Å². The van der Waals surface area contributed by atoms with E-state index in [0.717, 1.165) is 38.9 Å². The highest BCUT2D eigenvalue weighted by molar-refractivity contribution is 5.78. The van der Waals surface area contributed by atoms with E-state index in [9.17, 15) is 4.79 Å². The molecule has 3 rings (SSSR count). The summed E-state index contributed by atoms with van der Waals surface area (Å²) in [7, 11) is 0. The Balaban J connectivity index is 1.45. The van der Waals surface area contributed by atoms with Crippen LogP contribution in [0.1, 0.15) is 18.4 Å². The zero-order valence-electron chi connectivity index (χ0n) is 11.8. The van der Waals surface area contributed by atoms with Gasteiger partial charge in [0.1, 0.15) is 6.61 Å². The van der Waals surface area contributed by atoms with Gasteiger partial charge in [-0.25, -0.2) is 0 Å². The second-order valence-electron chi connectivity index (χ2n) is 5.83. The highest BCUT2D eigenvalue weighted by Gasteiger charge is 2.38. The zero-order chi connectivity index (χ0) is 13.8. The molecule has 2 saturated heterocycles. The summed E-state index contributed by atoms with van der Waals surface area (Å²) in [6, 6.07) is 10.6. The van der Waals surface area contributed by atoms with E-state index in [1.807, 2.05) is 0 Å². The van der Waals surface area contributed by atoms with Crippen molar-refractivity contribution in [2.24, 2.45) is 0 Å². The van der Waals surface area contributed by atoms with E-state index < -0.39 is 0 Å². The molecule has 1 spiro atoms. The molecule has 0 bridgehead atoms. The van der Waals surface area contributed by atoms with Crippen molar-refractivity contribution in [2.75, 3.05) is 32.8 Å². The monoisotopic (exact) mass is 274 g/mol. The fourth-order valence-electron chi connectivity index (χ4n) is 3.02. The van der Waals surface area contributed by atoms with Gasteiger partial charge in [-0.3, -0.25) is 4.79 Å². The Bertz CT molecular complexity index is 441. The lowest BCUT2D eigenvalue weighted by molar-refractivity contribution is -0.150. The standard InChI is InChI=1S/C16H22N2O2/c19-15-12-20-16(13-17-15)7-10-18(11-8-16)9-6-14-4-2-1-3-5-14/h1-5H,6-13H2,(H,17,19). The molecule has 2 heterocycles. The van der Waals surface area contributed by atoms with Crippen molar-refractivity contribution in [2.45, 2.75) is 24.9 Å². The Hall–Kier alpha value is -1.39. The van der Waals surface area contributed by atoms with Crippen molar-refractivity contribution in [1.82, 2.24) is 10.2 Å². The maximum absolute atomic E-state index is 11.2. The van der Waals surface area contributed by atoms with Crippen LogP contribution in [-0.2, 0) is 16.0 Å². The molecule has 0 unspecified atom stereocenters. The molecular formula is C16H22N2O2. The molecule has 2 aliphatic heterocycles. The average molecular weight is 274 g/mol. The van der Waals surface area contributed by atoms with Gasteiger partial charge in [0.25, 0.3) is 0 Å². The second-order valence-corrected chi connectivity index (χ2v) is 5.83. The van der Waals surface area contributed by atoms with E-state index >= 15 is 0 Å². The summed E-state index contributed by atoms with van der Waals surface area (Å²) in [4.78, 5) is 13.7. The molecular weight excluding hydrogens is 252 g/mol. The number of likely N-dealkylation sites (tertiary alicyclic amines) is 1. The SMILES string of the molecule is O=C1COC2(CCN(CCc3ccccc3)CC2)CN1. The van der Waals surface area contributed by atoms with Crippen molar-refractivity contribution in [3.8, 4) is 0 Å². The van der Waals surface area contributed by atoms with Crippen LogP contribution in [0.5, 0.6) is 0 Å². The molecule has 0 atom stereocenters. The minimum atomic E-state index is -0.100. The number of carbonyl (C=O) groups excluding carboxylic acids is 1. The molecule has 2 fully saturated rings. The molecule has 1 aromatic rings. The fraction of sp³-hybridized carbons (Fsp3) is 0.562. The Labute approximate surface area is 120 Å². The maximum atomic E-state index is 11.2. The largest absolute Gasteiger partial charge is 0.363 e. The van der Waals surface area contributed by atoms with Crippen molar-refractivity contribution < 1.29 is 9.53 Å². The predicted molar refractivity (Wildman–Crippen MR) is 77.5 cm³/mol. The van der Waals surface area contributed by atoms with E-state index in [2.05, 4.69) is 40.5 Å². The minimum absolute atomic E-state index is 0.0159. The Morgan fingerprint density at radius 1 is 1.20 bits per heavy atom. The number of ether oxygens (including phenoxy) is 1. The van der Waals surface area contributed by atoms with Crippen LogP contribution < -0.4 is 5.32 Å². The molecule has 108 valence electrons. The quantitative estimate of drug-likeness (QED) is 0.901. The molecule has 2 aliphatic rings. The van der Waals surface area contributed by atoms with E-state index in [4.69, 9.17) is 4.74 Å². The van der Waals surface area contributed by atoms with Crippen molar-refractivity contribution in [3.05, 3.63) is 35.9 Å². The number of rotatable bonds is 3. The first-order chi connectivity index (χ1) is 9.76. The molecule has 0 saturated carbocycles. The Kier molecular flexibility index (Phi) is 4.03. The van der Waals surface area contributed by atoms with Gasteiger partial charge in [-0.05, 0) is 24.8 Å². The van der Waals surface area contributed by atoms with Gasteiger partial charge in [0.2, 0.25) is 5.91 Å². The maximum Gasteiger partial charge on any atom is 0.246 e. The number of nitrogens with one attached hydrogen (secondary N) is 1. The van der Waals surface area contributed by atoms with Gasteiger partial charge in [0, 0.05) is 26.2 Å². The van der Waals surface area contributed by atoms with Crippen LogP contribution >= 0.6 is 0 Å². The first-order valence-electron chi connectivity index (χ1n) is 7.43. The molecule has 4 nitrogen and oxygen atoms in total. The van der Waals surface area contributed by atoms with Gasteiger partial charge in [-0.2, -0.15) is 0 Å². The van der Waals surface area contributed by atoms with Crippen LogP contribution in [0.4, 0.5) is 0 Å². The van der Waals surface area contributed by atoms with Crippen molar-refractivity contribution in [1.29, 1.82) is 0 Å². The molecule has 20 heavy (non-hydrogen) atoms. The summed E-state index contributed by atoms with van der Waals surface area (Å²) >= 11 is 0. The third kappa shape index (κ3) is 3.19. The summed E-state index contributed by atoms with van der Waals surface area (Å²) in [6.45, 7) is 4.13. The summed E-state index contributed by atoms with van der Waals surface area (Å²) in [6.07, 6.45) is 3.13. The van der Waals surface area contributed by atoms with Crippen LogP contribution in [0.3, 0.4) is 0 Å². The van der Waals surface area contributed by atoms with E-state index in [1.165, 1.54) is 5.56 Å². The summed E-state index contributed by atoms with van der Waals surface area (Å²) in [5.74, 6) is 0.0159. The van der Waals surface area contributed by atoms with Crippen molar-refractivity contribution >= 4 is 5.91 Å². The smallest absolute Gasteiger partial charge is 0.246 e. The normalized spacial score (nSPS) is 22.7. The van der Waals surface area contributed by atoms with Crippen LogP contribution in [0, 0.1) is 0 Å². The summed E-state index contributed by atoms with van der Waals surface area (Å²) in [5.41, 5.74) is 1.30. The van der Waals surface area contributed by atoms with Crippen LogP contribution in [-0.4, -0.2) is 49.2 Å². The molecule has 0 aromatic heterocycles. The molecule has 4 heteroatoms. The van der Waals surface area contributed by atoms with E-state index in [0.29, 0.717) is 6.54 Å². The number of piperidine rings is 1. The lowest BCUT2D eigenvalue weighted by Crippen LogP contribution is -2.57. The third-order valence-electron chi connectivity index (χ3n) is 4.44. The zero-order valence-corrected chi connectivity index (χ0v) is 11.8. The molecule has 1 amide bonds. The highest BCUT2D eigenvalue weighted by atomic mass is 16.5. The van der Waals surface area contributed by atoms with E-state index in [1.54, 1.807) is 0 Å². The van der Waals surface area contributed by atoms with E-state index in [-0.39, 0.29) is 18.1 Å². The predicted octanol–water partition coefficient (Wildman–Crippen LogP) is 1.21. The second kappa shape index (κ2) is 5.94. The fourth-order valence-corrected chi connectivity index (χ4v) is 3.02. The van der Waals surface area contributed by atoms with Crippen LogP contribution in [0.25, 0.3) is 0 Å². The minimum Gasteiger partial charge on any atom is -0.363 e. The first kappa shape index (κ1) is 13.6. The van der Waals surface area contributed by atoms with Crippen LogP contribution in [0.2, 0.25) is 0 Å². The van der Waals surface area contributed by atoms with Gasteiger partial charge in [-0.1, -0.05) is 30.3 Å². The Morgan fingerprint density at radius 3 is 2.60 bits per heavy atom. The third-order valence-corrected chi connectivity index (χ3v) is 4.44. The van der Waals surface area contributed by atoms with Crippen molar-refractivity contribution in [3.63, 3.8) is 0 Å². The number of morpholine rings is 1. The Morgan fingerprint density at radius 2 is 1.95 bits per heavy atom. The lowest BCUT2D eigenvalue weighted by atomic mass is 9.90. The number of carbonyl (C=O) groups is 1. The molecule has 1 N–H and O–H groups in total. The average Bonchev–Trinajstić information content (AvgIpc) is 2.51. The van der Waals surface area contributed by atoms with Gasteiger partial charge in [-0.15, -0.1) is 0 Å². The molecule has 1 aromatic carbocycles.